The molecule has 0 saturated heterocycles. The van der Waals surface area contributed by atoms with E-state index in [0.29, 0.717) is 28.1 Å². The van der Waals surface area contributed by atoms with Gasteiger partial charge in [-0.2, -0.15) is 5.26 Å². The molecule has 0 spiro atoms. The van der Waals surface area contributed by atoms with Crippen LogP contribution >= 0.6 is 23.1 Å². The summed E-state index contributed by atoms with van der Waals surface area (Å²) in [4.78, 5) is 12.3. The zero-order valence-corrected chi connectivity index (χ0v) is 18.3. The van der Waals surface area contributed by atoms with Crippen molar-refractivity contribution in [3.63, 3.8) is 0 Å². The average molecular weight is 440 g/mol. The van der Waals surface area contributed by atoms with Gasteiger partial charge in [-0.3, -0.25) is 9.36 Å². The van der Waals surface area contributed by atoms with Gasteiger partial charge in [-0.05, 0) is 48.6 Å². The second-order valence-electron chi connectivity index (χ2n) is 6.52. The number of aromatic nitrogens is 3. The number of nitriles is 1. The molecule has 154 valence electrons. The van der Waals surface area contributed by atoms with Gasteiger partial charge in [-0.15, -0.1) is 28.1 Å². The Morgan fingerprint density at radius 2 is 2.13 bits per heavy atom. The number of amides is 1. The summed E-state index contributed by atoms with van der Waals surface area (Å²) in [5, 5.41) is 23.2. The van der Waals surface area contributed by atoms with Crippen LogP contribution in [0.15, 0.2) is 47.5 Å². The maximum atomic E-state index is 12.3. The Bertz CT molecular complexity index is 1080. The number of thiophene rings is 1. The van der Waals surface area contributed by atoms with Crippen LogP contribution < -0.4 is 10.1 Å². The molecule has 0 fully saturated rings. The number of nitrogens with zero attached hydrogens (tertiary/aromatic N) is 4. The molecular weight excluding hydrogens is 418 g/mol. The first-order valence-electron chi connectivity index (χ1n) is 9.14. The molecule has 2 aromatic heterocycles. The topological polar surface area (TPSA) is 92.8 Å². The number of ether oxygens (including phenoxy) is 1. The summed E-state index contributed by atoms with van der Waals surface area (Å²) in [6.45, 7) is 8.60. The SMILES string of the molecule is C=CCn1c(COc2cc(C)cc(C)c2)nnc1SCC(=O)Nc1sccc1C#N. The molecule has 7 nitrogen and oxygen atoms in total. The van der Waals surface area contributed by atoms with E-state index in [9.17, 15) is 4.79 Å². The van der Waals surface area contributed by atoms with Gasteiger partial charge in [0.25, 0.3) is 0 Å². The molecule has 0 bridgehead atoms. The minimum absolute atomic E-state index is 0.149. The zero-order chi connectivity index (χ0) is 21.5. The molecule has 1 aromatic carbocycles. The van der Waals surface area contributed by atoms with Crippen LogP contribution in [0.2, 0.25) is 0 Å². The largest absolute Gasteiger partial charge is 0.486 e. The molecule has 1 N–H and O–H groups in total. The standard InChI is InChI=1S/C21H21N5O2S2/c1-4-6-26-18(12-28-17-9-14(2)8-15(3)10-17)24-25-21(26)30-13-19(27)23-20-16(11-22)5-7-29-20/h4-5,7-10H,1,6,12-13H2,2-3H3,(H,23,27). The summed E-state index contributed by atoms with van der Waals surface area (Å²) in [6, 6.07) is 9.77. The van der Waals surface area contributed by atoms with Crippen LogP contribution in [-0.2, 0) is 17.9 Å². The summed E-state index contributed by atoms with van der Waals surface area (Å²) in [5.41, 5.74) is 2.72. The number of carbonyl (C=O) groups is 1. The highest BCUT2D eigenvalue weighted by molar-refractivity contribution is 7.99. The Morgan fingerprint density at radius 1 is 1.37 bits per heavy atom. The molecular formula is C21H21N5O2S2. The fraction of sp³-hybridized carbons (Fsp3) is 0.238. The average Bonchev–Trinajstić information content (AvgIpc) is 3.31. The third-order valence-electron chi connectivity index (χ3n) is 4.04. The van der Waals surface area contributed by atoms with E-state index < -0.39 is 0 Å². The molecule has 2 heterocycles. The second-order valence-corrected chi connectivity index (χ2v) is 8.38. The fourth-order valence-electron chi connectivity index (χ4n) is 2.80. The van der Waals surface area contributed by atoms with Crippen molar-refractivity contribution in [2.75, 3.05) is 11.1 Å². The minimum Gasteiger partial charge on any atom is -0.486 e. The molecule has 0 aliphatic heterocycles. The number of thioether (sulfide) groups is 1. The van der Waals surface area contributed by atoms with Crippen molar-refractivity contribution < 1.29 is 9.53 Å². The number of nitrogens with one attached hydrogen (secondary N) is 1. The summed E-state index contributed by atoms with van der Waals surface area (Å²) in [7, 11) is 0. The molecule has 0 unspecified atom stereocenters. The first-order chi connectivity index (χ1) is 14.5. The normalized spacial score (nSPS) is 10.4. The van der Waals surface area contributed by atoms with Gasteiger partial charge in [0.1, 0.15) is 23.4 Å². The fourth-order valence-corrected chi connectivity index (χ4v) is 4.32. The lowest BCUT2D eigenvalue weighted by Crippen LogP contribution is -2.14. The van der Waals surface area contributed by atoms with Crippen LogP contribution in [0.3, 0.4) is 0 Å². The lowest BCUT2D eigenvalue weighted by atomic mass is 10.1. The van der Waals surface area contributed by atoms with Crippen molar-refractivity contribution in [2.24, 2.45) is 0 Å². The van der Waals surface area contributed by atoms with E-state index in [-0.39, 0.29) is 18.3 Å². The molecule has 30 heavy (non-hydrogen) atoms. The van der Waals surface area contributed by atoms with Crippen molar-refractivity contribution in [1.29, 1.82) is 5.26 Å². The van der Waals surface area contributed by atoms with Crippen LogP contribution in [0.5, 0.6) is 5.75 Å². The molecule has 0 atom stereocenters. The quantitative estimate of drug-likeness (QED) is 0.394. The monoisotopic (exact) mass is 439 g/mol. The lowest BCUT2D eigenvalue weighted by molar-refractivity contribution is -0.113. The zero-order valence-electron chi connectivity index (χ0n) is 16.7. The Kier molecular flexibility index (Phi) is 7.27. The molecule has 3 rings (SSSR count). The molecule has 3 aromatic rings. The van der Waals surface area contributed by atoms with Gasteiger partial charge in [0.2, 0.25) is 5.91 Å². The lowest BCUT2D eigenvalue weighted by Gasteiger charge is -2.10. The molecule has 0 radical (unpaired) electrons. The van der Waals surface area contributed by atoms with E-state index in [1.165, 1.54) is 23.1 Å². The van der Waals surface area contributed by atoms with Gasteiger partial charge in [0.15, 0.2) is 11.0 Å². The maximum Gasteiger partial charge on any atom is 0.235 e. The van der Waals surface area contributed by atoms with Gasteiger partial charge in [-0.1, -0.05) is 23.9 Å². The number of hydrogen-bond donors (Lipinski definition) is 1. The highest BCUT2D eigenvalue weighted by atomic mass is 32.2. The number of anilines is 1. The highest BCUT2D eigenvalue weighted by Gasteiger charge is 2.15. The number of allylic oxidation sites excluding steroid dienone is 1. The van der Waals surface area contributed by atoms with E-state index in [0.717, 1.165) is 16.9 Å². The van der Waals surface area contributed by atoms with Gasteiger partial charge < -0.3 is 10.1 Å². The minimum atomic E-state index is -0.208. The Morgan fingerprint density at radius 3 is 2.83 bits per heavy atom. The number of hydrogen-bond acceptors (Lipinski definition) is 7. The number of rotatable bonds is 9. The van der Waals surface area contributed by atoms with Gasteiger partial charge >= 0.3 is 0 Å². The summed E-state index contributed by atoms with van der Waals surface area (Å²) in [5.74, 6) is 1.37. The van der Waals surface area contributed by atoms with E-state index >= 15 is 0 Å². The van der Waals surface area contributed by atoms with Crippen molar-refractivity contribution >= 4 is 34.0 Å². The molecule has 0 saturated carbocycles. The third-order valence-corrected chi connectivity index (χ3v) is 5.84. The number of carbonyl (C=O) groups excluding carboxylic acids is 1. The van der Waals surface area contributed by atoms with Crippen molar-refractivity contribution in [2.45, 2.75) is 32.2 Å². The van der Waals surface area contributed by atoms with E-state index in [1.54, 1.807) is 17.5 Å². The van der Waals surface area contributed by atoms with Crippen molar-refractivity contribution in [1.82, 2.24) is 14.8 Å². The van der Waals surface area contributed by atoms with Gasteiger partial charge in [0.05, 0.1) is 11.3 Å². The first-order valence-corrected chi connectivity index (χ1v) is 11.0. The van der Waals surface area contributed by atoms with Crippen LogP contribution in [0.4, 0.5) is 5.00 Å². The van der Waals surface area contributed by atoms with E-state index in [4.69, 9.17) is 10.00 Å². The highest BCUT2D eigenvalue weighted by Crippen LogP contribution is 2.24. The first kappa shape index (κ1) is 21.6. The third kappa shape index (κ3) is 5.49. The smallest absolute Gasteiger partial charge is 0.235 e. The summed E-state index contributed by atoms with van der Waals surface area (Å²) >= 11 is 2.59. The number of benzene rings is 1. The maximum absolute atomic E-state index is 12.3. The summed E-state index contributed by atoms with van der Waals surface area (Å²) < 4.78 is 7.77. The van der Waals surface area contributed by atoms with E-state index in [1.807, 2.05) is 30.5 Å². The van der Waals surface area contributed by atoms with Crippen LogP contribution in [-0.4, -0.2) is 26.4 Å². The number of aryl methyl sites for hydroxylation is 2. The Hall–Kier alpha value is -3.09. The molecule has 0 aliphatic carbocycles. The Labute approximate surface area is 183 Å². The van der Waals surface area contributed by atoms with Crippen LogP contribution in [0.1, 0.15) is 22.5 Å². The molecule has 1 amide bonds. The van der Waals surface area contributed by atoms with Crippen molar-refractivity contribution in [3.8, 4) is 11.8 Å². The predicted molar refractivity (Wildman–Crippen MR) is 119 cm³/mol. The predicted octanol–water partition coefficient (Wildman–Crippen LogP) is 4.32. The van der Waals surface area contributed by atoms with Crippen LogP contribution in [0, 0.1) is 25.2 Å². The summed E-state index contributed by atoms with van der Waals surface area (Å²) in [6.07, 6.45) is 1.75. The van der Waals surface area contributed by atoms with E-state index in [2.05, 4.69) is 34.2 Å². The van der Waals surface area contributed by atoms with Crippen LogP contribution in [0.25, 0.3) is 0 Å². The molecule has 9 heteroatoms. The van der Waals surface area contributed by atoms with Gasteiger partial charge in [-0.25, -0.2) is 0 Å². The van der Waals surface area contributed by atoms with Gasteiger partial charge in [0, 0.05) is 6.54 Å². The Balaban J connectivity index is 1.64. The second kappa shape index (κ2) is 10.1. The molecule has 0 aliphatic rings. The van der Waals surface area contributed by atoms with Crippen molar-refractivity contribution in [3.05, 3.63) is 64.8 Å².